The van der Waals surface area contributed by atoms with Crippen LogP contribution in [0.2, 0.25) is 0 Å². The molecule has 0 heterocycles. The highest BCUT2D eigenvalue weighted by atomic mass is 79.9. The van der Waals surface area contributed by atoms with Gasteiger partial charge in [0.1, 0.15) is 0 Å². The molecule has 1 aromatic rings. The lowest BCUT2D eigenvalue weighted by atomic mass is 10.1. The predicted octanol–water partition coefficient (Wildman–Crippen LogP) is 3.66. The average molecular weight is 343 g/mol. The van der Waals surface area contributed by atoms with Gasteiger partial charge >= 0.3 is 12.0 Å². The number of carboxylic acid groups (broad SMARTS) is 1. The van der Waals surface area contributed by atoms with Gasteiger partial charge in [0.25, 0.3) is 0 Å². The number of halogens is 1. The Morgan fingerprint density at radius 2 is 1.90 bits per heavy atom. The monoisotopic (exact) mass is 342 g/mol. The van der Waals surface area contributed by atoms with Crippen LogP contribution in [0.3, 0.4) is 0 Å². The van der Waals surface area contributed by atoms with Gasteiger partial charge < -0.3 is 15.3 Å². The molecule has 110 valence electrons. The van der Waals surface area contributed by atoms with Gasteiger partial charge in [-0.15, -0.1) is 0 Å². The number of anilines is 1. The average Bonchev–Trinajstić information content (AvgIpc) is 2.38. The zero-order valence-electron chi connectivity index (χ0n) is 12.0. The summed E-state index contributed by atoms with van der Waals surface area (Å²) in [7, 11) is 1.69. The molecule has 0 aromatic heterocycles. The van der Waals surface area contributed by atoms with E-state index in [1.165, 1.54) is 6.07 Å². The molecule has 1 rings (SSSR count). The lowest BCUT2D eigenvalue weighted by molar-refractivity contribution is 0.0698. The van der Waals surface area contributed by atoms with Crippen LogP contribution in [0.4, 0.5) is 10.5 Å². The number of benzene rings is 1. The first-order valence-electron chi connectivity index (χ1n) is 6.31. The Hall–Kier alpha value is -1.56. The topological polar surface area (TPSA) is 69.6 Å². The summed E-state index contributed by atoms with van der Waals surface area (Å²) in [5, 5.41) is 11.8. The van der Waals surface area contributed by atoms with Crippen LogP contribution < -0.4 is 5.32 Å². The number of carboxylic acids is 1. The Labute approximate surface area is 127 Å². The Balaban J connectivity index is 2.99. The highest BCUT2D eigenvalue weighted by molar-refractivity contribution is 9.10. The SMILES string of the molecule is CC(C)C(C)N(C)C(=O)Nc1c(Br)cccc1C(=O)O. The molecule has 1 unspecified atom stereocenters. The molecular weight excluding hydrogens is 324 g/mol. The first-order valence-corrected chi connectivity index (χ1v) is 7.10. The minimum Gasteiger partial charge on any atom is -0.478 e. The summed E-state index contributed by atoms with van der Waals surface area (Å²) < 4.78 is 0.538. The van der Waals surface area contributed by atoms with E-state index in [4.69, 9.17) is 5.11 Å². The lowest BCUT2D eigenvalue weighted by Crippen LogP contribution is -2.41. The van der Waals surface area contributed by atoms with Crippen LogP contribution in [0.25, 0.3) is 0 Å². The Morgan fingerprint density at radius 3 is 2.40 bits per heavy atom. The van der Waals surface area contributed by atoms with Crippen LogP contribution in [0, 0.1) is 5.92 Å². The van der Waals surface area contributed by atoms with Gasteiger partial charge in [-0.1, -0.05) is 19.9 Å². The molecule has 0 saturated heterocycles. The number of hydrogen-bond donors (Lipinski definition) is 2. The Bertz CT molecular complexity index is 517. The molecule has 1 atom stereocenters. The fourth-order valence-corrected chi connectivity index (χ4v) is 2.12. The molecule has 0 saturated carbocycles. The molecule has 1 aromatic carbocycles. The second-order valence-electron chi connectivity index (χ2n) is 4.99. The van der Waals surface area contributed by atoms with Gasteiger partial charge in [-0.05, 0) is 40.9 Å². The normalized spacial score (nSPS) is 12.1. The molecule has 0 radical (unpaired) electrons. The number of rotatable bonds is 4. The molecule has 0 bridgehead atoms. The van der Waals surface area contributed by atoms with Crippen molar-refractivity contribution in [3.05, 3.63) is 28.2 Å². The summed E-state index contributed by atoms with van der Waals surface area (Å²) in [6.07, 6.45) is 0. The minimum absolute atomic E-state index is 0.0470. The summed E-state index contributed by atoms with van der Waals surface area (Å²) in [5.74, 6) is -0.773. The standard InChI is InChI=1S/C14H19BrN2O3/c1-8(2)9(3)17(4)14(20)16-12-10(13(18)19)6-5-7-11(12)15/h5-9H,1-4H3,(H,16,20)(H,18,19). The van der Waals surface area contributed by atoms with Gasteiger partial charge in [0.15, 0.2) is 0 Å². The predicted molar refractivity (Wildman–Crippen MR) is 82.2 cm³/mol. The van der Waals surface area contributed by atoms with Crippen molar-refractivity contribution >= 4 is 33.6 Å². The Morgan fingerprint density at radius 1 is 1.30 bits per heavy atom. The van der Waals surface area contributed by atoms with Gasteiger partial charge in [-0.3, -0.25) is 0 Å². The van der Waals surface area contributed by atoms with Crippen molar-refractivity contribution in [3.63, 3.8) is 0 Å². The van der Waals surface area contributed by atoms with Crippen molar-refractivity contribution in [2.75, 3.05) is 12.4 Å². The fraction of sp³-hybridized carbons (Fsp3) is 0.429. The van der Waals surface area contributed by atoms with Crippen LogP contribution >= 0.6 is 15.9 Å². The van der Waals surface area contributed by atoms with Crippen LogP contribution in [0.1, 0.15) is 31.1 Å². The maximum atomic E-state index is 12.2. The maximum absolute atomic E-state index is 12.2. The van der Waals surface area contributed by atoms with Gasteiger partial charge in [-0.25, -0.2) is 9.59 Å². The quantitative estimate of drug-likeness (QED) is 0.877. The molecule has 5 nitrogen and oxygen atoms in total. The van der Waals surface area contributed by atoms with Crippen LogP contribution in [0.5, 0.6) is 0 Å². The molecule has 2 N–H and O–H groups in total. The lowest BCUT2D eigenvalue weighted by Gasteiger charge is -2.28. The summed E-state index contributed by atoms with van der Waals surface area (Å²) in [6.45, 7) is 5.99. The van der Waals surface area contributed by atoms with Crippen molar-refractivity contribution in [2.45, 2.75) is 26.8 Å². The van der Waals surface area contributed by atoms with Gasteiger partial charge in [-0.2, -0.15) is 0 Å². The zero-order valence-corrected chi connectivity index (χ0v) is 13.6. The fourth-order valence-electron chi connectivity index (χ4n) is 1.66. The highest BCUT2D eigenvalue weighted by Gasteiger charge is 2.21. The van der Waals surface area contributed by atoms with Crippen LogP contribution in [-0.2, 0) is 0 Å². The number of nitrogens with zero attached hydrogens (tertiary/aromatic N) is 1. The summed E-state index contributed by atoms with van der Waals surface area (Å²) >= 11 is 3.26. The molecule has 6 heteroatoms. The second-order valence-corrected chi connectivity index (χ2v) is 5.85. The number of carbonyl (C=O) groups excluding carboxylic acids is 1. The van der Waals surface area contributed by atoms with E-state index in [0.717, 1.165) is 0 Å². The van der Waals surface area contributed by atoms with E-state index < -0.39 is 5.97 Å². The number of hydrogen-bond acceptors (Lipinski definition) is 2. The molecule has 0 spiro atoms. The summed E-state index contributed by atoms with van der Waals surface area (Å²) in [4.78, 5) is 24.9. The largest absolute Gasteiger partial charge is 0.478 e. The third-order valence-corrected chi connectivity index (χ3v) is 4.03. The number of aromatic carboxylic acids is 1. The van der Waals surface area contributed by atoms with E-state index in [1.54, 1.807) is 24.1 Å². The molecule has 0 aliphatic carbocycles. The van der Waals surface area contributed by atoms with Crippen LogP contribution in [-0.4, -0.2) is 35.1 Å². The molecule has 0 aliphatic rings. The zero-order chi connectivity index (χ0) is 15.4. The van der Waals surface area contributed by atoms with Crippen molar-refractivity contribution in [1.29, 1.82) is 0 Å². The van der Waals surface area contributed by atoms with Crippen molar-refractivity contribution in [3.8, 4) is 0 Å². The smallest absolute Gasteiger partial charge is 0.337 e. The molecule has 2 amide bonds. The van der Waals surface area contributed by atoms with Crippen molar-refractivity contribution in [2.24, 2.45) is 5.92 Å². The van der Waals surface area contributed by atoms with Gasteiger partial charge in [0, 0.05) is 17.6 Å². The highest BCUT2D eigenvalue weighted by Crippen LogP contribution is 2.27. The number of urea groups is 1. The number of carbonyl (C=O) groups is 2. The van der Waals surface area contributed by atoms with Crippen LogP contribution in [0.15, 0.2) is 22.7 Å². The number of nitrogens with one attached hydrogen (secondary N) is 1. The first-order chi connectivity index (χ1) is 9.25. The van der Waals surface area contributed by atoms with E-state index >= 15 is 0 Å². The molecule has 0 fully saturated rings. The maximum Gasteiger partial charge on any atom is 0.337 e. The summed E-state index contributed by atoms with van der Waals surface area (Å²) in [5.41, 5.74) is 0.325. The van der Waals surface area contributed by atoms with E-state index in [-0.39, 0.29) is 23.3 Å². The van der Waals surface area contributed by atoms with E-state index in [9.17, 15) is 9.59 Å². The number of amides is 2. The third-order valence-electron chi connectivity index (χ3n) is 3.37. The third kappa shape index (κ3) is 3.72. The van der Waals surface area contributed by atoms with E-state index in [0.29, 0.717) is 10.4 Å². The van der Waals surface area contributed by atoms with Crippen molar-refractivity contribution in [1.82, 2.24) is 4.90 Å². The molecule has 20 heavy (non-hydrogen) atoms. The van der Waals surface area contributed by atoms with Gasteiger partial charge in [0.2, 0.25) is 0 Å². The first kappa shape index (κ1) is 16.5. The summed E-state index contributed by atoms with van der Waals surface area (Å²) in [6, 6.07) is 4.47. The van der Waals surface area contributed by atoms with E-state index in [2.05, 4.69) is 21.2 Å². The molecule has 0 aliphatic heterocycles. The van der Waals surface area contributed by atoms with E-state index in [1.807, 2.05) is 20.8 Å². The number of para-hydroxylation sites is 1. The van der Waals surface area contributed by atoms with Gasteiger partial charge in [0.05, 0.1) is 11.3 Å². The second kappa shape index (κ2) is 6.74. The minimum atomic E-state index is -1.08. The molecular formula is C14H19BrN2O3. The Kier molecular flexibility index (Phi) is 5.56. The van der Waals surface area contributed by atoms with Crippen molar-refractivity contribution < 1.29 is 14.7 Å².